The molecule has 1 atom stereocenters. The van der Waals surface area contributed by atoms with Gasteiger partial charge in [0, 0.05) is 31.9 Å². The standard InChI is InChI=1S/C22H23FN4O2/c1-2-20(27-15-24-19-6-4-3-5-18(19)21(27)28)22(29)26-13-11-25(12-14-26)17-9-7-16(23)8-10-17/h3-10,15,20H,2,11-14H2,1H3/t20-/m0/s1. The van der Waals surface area contributed by atoms with Crippen molar-refractivity contribution in [1.82, 2.24) is 14.5 Å². The van der Waals surface area contributed by atoms with Crippen molar-refractivity contribution in [3.63, 3.8) is 0 Å². The van der Waals surface area contributed by atoms with Gasteiger partial charge < -0.3 is 9.80 Å². The van der Waals surface area contributed by atoms with Gasteiger partial charge in [0.1, 0.15) is 11.9 Å². The highest BCUT2D eigenvalue weighted by Gasteiger charge is 2.28. The van der Waals surface area contributed by atoms with Crippen LogP contribution in [0, 0.1) is 5.82 Å². The number of benzene rings is 2. The molecule has 0 radical (unpaired) electrons. The smallest absolute Gasteiger partial charge is 0.261 e. The van der Waals surface area contributed by atoms with Gasteiger partial charge in [-0.3, -0.25) is 14.2 Å². The molecular weight excluding hydrogens is 371 g/mol. The van der Waals surface area contributed by atoms with E-state index in [9.17, 15) is 14.0 Å². The number of hydrogen-bond donors (Lipinski definition) is 0. The Bertz CT molecular complexity index is 1070. The Balaban J connectivity index is 1.51. The molecule has 1 saturated heterocycles. The van der Waals surface area contributed by atoms with Gasteiger partial charge in [0.25, 0.3) is 5.56 Å². The zero-order valence-electron chi connectivity index (χ0n) is 16.3. The number of aromatic nitrogens is 2. The monoisotopic (exact) mass is 394 g/mol. The maximum atomic E-state index is 13.2. The zero-order valence-corrected chi connectivity index (χ0v) is 16.3. The number of amides is 1. The summed E-state index contributed by atoms with van der Waals surface area (Å²) >= 11 is 0. The molecule has 0 N–H and O–H groups in total. The van der Waals surface area contributed by atoms with Crippen LogP contribution in [-0.4, -0.2) is 46.5 Å². The number of rotatable bonds is 4. The molecule has 29 heavy (non-hydrogen) atoms. The molecule has 0 aliphatic carbocycles. The third kappa shape index (κ3) is 3.72. The Morgan fingerprint density at radius 3 is 2.45 bits per heavy atom. The minimum Gasteiger partial charge on any atom is -0.368 e. The number of carbonyl (C=O) groups excluding carboxylic acids is 1. The van der Waals surface area contributed by atoms with Crippen LogP contribution in [0.15, 0.2) is 59.7 Å². The highest BCUT2D eigenvalue weighted by molar-refractivity contribution is 5.82. The van der Waals surface area contributed by atoms with Gasteiger partial charge in [0.15, 0.2) is 0 Å². The van der Waals surface area contributed by atoms with Crippen molar-refractivity contribution >= 4 is 22.5 Å². The second-order valence-electron chi connectivity index (χ2n) is 7.19. The fourth-order valence-corrected chi connectivity index (χ4v) is 3.84. The van der Waals surface area contributed by atoms with E-state index in [1.54, 1.807) is 35.2 Å². The lowest BCUT2D eigenvalue weighted by Crippen LogP contribution is -2.51. The van der Waals surface area contributed by atoms with Crippen molar-refractivity contribution in [3.8, 4) is 0 Å². The van der Waals surface area contributed by atoms with Crippen LogP contribution in [0.4, 0.5) is 10.1 Å². The summed E-state index contributed by atoms with van der Waals surface area (Å²) in [4.78, 5) is 34.4. The second kappa shape index (κ2) is 8.03. The molecule has 2 aromatic carbocycles. The van der Waals surface area contributed by atoms with Crippen molar-refractivity contribution < 1.29 is 9.18 Å². The third-order valence-electron chi connectivity index (χ3n) is 5.48. The van der Waals surface area contributed by atoms with Crippen LogP contribution in [0.25, 0.3) is 10.9 Å². The molecule has 0 spiro atoms. The van der Waals surface area contributed by atoms with Crippen LogP contribution >= 0.6 is 0 Å². The Labute approximate surface area is 168 Å². The van der Waals surface area contributed by atoms with Gasteiger partial charge in [-0.15, -0.1) is 0 Å². The lowest BCUT2D eigenvalue weighted by atomic mass is 10.1. The van der Waals surface area contributed by atoms with Crippen LogP contribution in [0.2, 0.25) is 0 Å². The van der Waals surface area contributed by atoms with Crippen molar-refractivity contribution in [3.05, 3.63) is 71.0 Å². The molecule has 3 aromatic rings. The van der Waals surface area contributed by atoms with E-state index < -0.39 is 6.04 Å². The molecule has 0 saturated carbocycles. The van der Waals surface area contributed by atoms with Gasteiger partial charge in [-0.05, 0) is 42.8 Å². The molecule has 1 fully saturated rings. The van der Waals surface area contributed by atoms with E-state index in [2.05, 4.69) is 9.88 Å². The van der Waals surface area contributed by atoms with E-state index in [1.807, 2.05) is 13.0 Å². The maximum absolute atomic E-state index is 13.2. The second-order valence-corrected chi connectivity index (χ2v) is 7.19. The van der Waals surface area contributed by atoms with Crippen molar-refractivity contribution in [2.75, 3.05) is 31.1 Å². The number of fused-ring (bicyclic) bond motifs is 1. The van der Waals surface area contributed by atoms with Gasteiger partial charge in [-0.1, -0.05) is 19.1 Å². The van der Waals surface area contributed by atoms with Crippen LogP contribution in [0.3, 0.4) is 0 Å². The average Bonchev–Trinajstić information content (AvgIpc) is 2.76. The summed E-state index contributed by atoms with van der Waals surface area (Å²) in [6.45, 7) is 4.35. The Morgan fingerprint density at radius 1 is 1.07 bits per heavy atom. The van der Waals surface area contributed by atoms with E-state index in [0.29, 0.717) is 43.5 Å². The van der Waals surface area contributed by atoms with Crippen LogP contribution in [0.5, 0.6) is 0 Å². The average molecular weight is 394 g/mol. The number of halogens is 1. The van der Waals surface area contributed by atoms with Gasteiger partial charge >= 0.3 is 0 Å². The van der Waals surface area contributed by atoms with E-state index in [0.717, 1.165) is 5.69 Å². The predicted octanol–water partition coefficient (Wildman–Crippen LogP) is 2.84. The molecule has 4 rings (SSSR count). The number of carbonyl (C=O) groups is 1. The minimum atomic E-state index is -0.572. The SMILES string of the molecule is CC[C@@H](C(=O)N1CCN(c2ccc(F)cc2)CC1)n1cnc2ccccc2c1=O. The molecule has 1 aliphatic rings. The molecular formula is C22H23FN4O2. The first-order valence-electron chi connectivity index (χ1n) is 9.83. The summed E-state index contributed by atoms with van der Waals surface area (Å²) in [5, 5.41) is 0.516. The van der Waals surface area contributed by atoms with Crippen LogP contribution < -0.4 is 10.5 Å². The molecule has 150 valence electrons. The van der Waals surface area contributed by atoms with Gasteiger partial charge in [0.05, 0.1) is 17.2 Å². The van der Waals surface area contributed by atoms with Crippen LogP contribution in [0.1, 0.15) is 19.4 Å². The number of para-hydroxylation sites is 1. The summed E-state index contributed by atoms with van der Waals surface area (Å²) in [5.41, 5.74) is 1.38. The molecule has 7 heteroatoms. The summed E-state index contributed by atoms with van der Waals surface area (Å²) < 4.78 is 14.6. The first-order valence-corrected chi connectivity index (χ1v) is 9.83. The Morgan fingerprint density at radius 2 is 1.76 bits per heavy atom. The first-order chi connectivity index (χ1) is 14.1. The molecule has 6 nitrogen and oxygen atoms in total. The topological polar surface area (TPSA) is 58.4 Å². The van der Waals surface area contributed by atoms with Crippen molar-refractivity contribution in [2.24, 2.45) is 0 Å². The lowest BCUT2D eigenvalue weighted by molar-refractivity contribution is -0.135. The molecule has 1 amide bonds. The zero-order chi connectivity index (χ0) is 20.4. The van der Waals surface area contributed by atoms with E-state index in [-0.39, 0.29) is 17.3 Å². The lowest BCUT2D eigenvalue weighted by Gasteiger charge is -2.37. The maximum Gasteiger partial charge on any atom is 0.261 e. The van der Waals surface area contributed by atoms with E-state index in [1.165, 1.54) is 23.0 Å². The fourth-order valence-electron chi connectivity index (χ4n) is 3.84. The Kier molecular flexibility index (Phi) is 5.29. The molecule has 1 aromatic heterocycles. The summed E-state index contributed by atoms with van der Waals surface area (Å²) in [5.74, 6) is -0.326. The predicted molar refractivity (Wildman–Crippen MR) is 111 cm³/mol. The van der Waals surface area contributed by atoms with Gasteiger partial charge in [-0.2, -0.15) is 0 Å². The van der Waals surface area contributed by atoms with E-state index in [4.69, 9.17) is 0 Å². The highest BCUT2D eigenvalue weighted by atomic mass is 19.1. The fraction of sp³-hybridized carbons (Fsp3) is 0.318. The highest BCUT2D eigenvalue weighted by Crippen LogP contribution is 2.20. The first kappa shape index (κ1) is 19.1. The largest absolute Gasteiger partial charge is 0.368 e. The van der Waals surface area contributed by atoms with Gasteiger partial charge in [-0.25, -0.2) is 9.37 Å². The molecule has 2 heterocycles. The summed E-state index contributed by atoms with van der Waals surface area (Å²) in [6.07, 6.45) is 1.99. The van der Waals surface area contributed by atoms with Crippen molar-refractivity contribution in [1.29, 1.82) is 0 Å². The number of hydrogen-bond acceptors (Lipinski definition) is 4. The molecule has 1 aliphatic heterocycles. The minimum absolute atomic E-state index is 0.0644. The third-order valence-corrected chi connectivity index (χ3v) is 5.48. The number of nitrogens with zero attached hydrogens (tertiary/aromatic N) is 4. The molecule has 0 unspecified atom stereocenters. The normalized spacial score (nSPS) is 15.5. The summed E-state index contributed by atoms with van der Waals surface area (Å²) in [6, 6.07) is 13.0. The number of piperazine rings is 1. The van der Waals surface area contributed by atoms with Crippen molar-refractivity contribution in [2.45, 2.75) is 19.4 Å². The molecule has 0 bridgehead atoms. The summed E-state index contributed by atoms with van der Waals surface area (Å²) in [7, 11) is 0. The Hall–Kier alpha value is -3.22. The number of anilines is 1. The van der Waals surface area contributed by atoms with E-state index >= 15 is 0 Å². The van der Waals surface area contributed by atoms with Crippen LogP contribution in [-0.2, 0) is 4.79 Å². The van der Waals surface area contributed by atoms with Gasteiger partial charge in [0.2, 0.25) is 5.91 Å². The quantitative estimate of drug-likeness (QED) is 0.683.